The molecule has 0 aliphatic rings. The molecule has 0 radical (unpaired) electrons. The monoisotopic (exact) mass is 381 g/mol. The second-order valence-corrected chi connectivity index (χ2v) is 7.14. The molecule has 0 aromatic heterocycles. The van der Waals surface area contributed by atoms with Crippen molar-refractivity contribution in [1.82, 2.24) is 0 Å². The summed E-state index contributed by atoms with van der Waals surface area (Å²) >= 11 is 6.20. The predicted molar refractivity (Wildman–Crippen MR) is 101 cm³/mol. The van der Waals surface area contributed by atoms with Crippen LogP contribution in [0.15, 0.2) is 36.4 Å². The Morgan fingerprint density at radius 2 is 2.04 bits per heavy atom. The van der Waals surface area contributed by atoms with E-state index in [4.69, 9.17) is 21.1 Å². The van der Waals surface area contributed by atoms with E-state index in [1.165, 1.54) is 13.2 Å². The number of carbonyl (C=O) groups is 1. The summed E-state index contributed by atoms with van der Waals surface area (Å²) < 4.78 is 22.1. The first-order valence-electron chi connectivity index (χ1n) is 7.65. The van der Waals surface area contributed by atoms with Crippen molar-refractivity contribution in [2.45, 2.75) is 12.7 Å². The normalized spacial score (nSPS) is 11.7. The van der Waals surface area contributed by atoms with Crippen molar-refractivity contribution >= 4 is 34.0 Å². The van der Waals surface area contributed by atoms with E-state index in [0.29, 0.717) is 40.1 Å². The third-order valence-corrected chi connectivity index (χ3v) is 4.36. The number of carbonyl (C=O) groups excluding carboxylic acids is 1. The summed E-state index contributed by atoms with van der Waals surface area (Å²) in [6.45, 7) is 2.28. The first-order valence-corrected chi connectivity index (χ1v) is 9.75. The van der Waals surface area contributed by atoms with Crippen LogP contribution in [0.5, 0.6) is 11.5 Å². The van der Waals surface area contributed by atoms with Crippen molar-refractivity contribution < 1.29 is 18.5 Å². The molecule has 2 aromatic rings. The van der Waals surface area contributed by atoms with Crippen molar-refractivity contribution in [2.24, 2.45) is 0 Å². The molecule has 2 rings (SSSR count). The fourth-order valence-electron chi connectivity index (χ4n) is 2.31. The summed E-state index contributed by atoms with van der Waals surface area (Å²) in [5, 5.41) is 3.12. The number of rotatable bonds is 7. The van der Waals surface area contributed by atoms with Crippen molar-refractivity contribution in [3.05, 3.63) is 52.5 Å². The number of benzene rings is 2. The zero-order valence-corrected chi connectivity index (χ0v) is 15.9. The fraction of sp³-hybridized carbons (Fsp3) is 0.278. The van der Waals surface area contributed by atoms with Crippen molar-refractivity contribution in [1.29, 1.82) is 0 Å². The Morgan fingerprint density at radius 1 is 1.28 bits per heavy atom. The highest BCUT2D eigenvalue weighted by molar-refractivity contribution is 7.83. The van der Waals surface area contributed by atoms with Crippen LogP contribution in [-0.4, -0.2) is 30.1 Å². The van der Waals surface area contributed by atoms with Gasteiger partial charge in [-0.25, -0.2) is 0 Å². The lowest BCUT2D eigenvalue weighted by atomic mass is 10.1. The highest BCUT2D eigenvalue weighted by Crippen LogP contribution is 2.36. The average molecular weight is 382 g/mol. The van der Waals surface area contributed by atoms with Gasteiger partial charge in [-0.3, -0.25) is 9.00 Å². The molecule has 0 heterocycles. The number of amides is 1. The van der Waals surface area contributed by atoms with Crippen molar-refractivity contribution in [3.8, 4) is 11.5 Å². The van der Waals surface area contributed by atoms with Crippen LogP contribution in [-0.2, 0) is 16.6 Å². The molecular weight excluding hydrogens is 362 g/mol. The van der Waals surface area contributed by atoms with Crippen LogP contribution in [0.3, 0.4) is 0 Å². The van der Waals surface area contributed by atoms with Crippen LogP contribution < -0.4 is 14.8 Å². The largest absolute Gasteiger partial charge is 0.493 e. The summed E-state index contributed by atoms with van der Waals surface area (Å²) in [6, 6.07) is 10.4. The molecule has 0 spiro atoms. The topological polar surface area (TPSA) is 64.6 Å². The van der Waals surface area contributed by atoms with Gasteiger partial charge in [0, 0.05) is 34.1 Å². The quantitative estimate of drug-likeness (QED) is 0.790. The van der Waals surface area contributed by atoms with Crippen molar-refractivity contribution in [3.63, 3.8) is 0 Å². The van der Waals surface area contributed by atoms with Gasteiger partial charge in [0.1, 0.15) is 0 Å². The molecule has 0 saturated carbocycles. The Hall–Kier alpha value is -2.05. The fourth-order valence-corrected chi connectivity index (χ4v) is 3.23. The van der Waals surface area contributed by atoms with E-state index in [2.05, 4.69) is 5.32 Å². The van der Waals surface area contributed by atoms with Gasteiger partial charge in [-0.15, -0.1) is 0 Å². The van der Waals surface area contributed by atoms with Crippen LogP contribution in [0.1, 0.15) is 22.8 Å². The van der Waals surface area contributed by atoms with E-state index >= 15 is 0 Å². The minimum atomic E-state index is -0.946. The first kappa shape index (κ1) is 19.3. The lowest BCUT2D eigenvalue weighted by molar-refractivity contribution is 0.102. The van der Waals surface area contributed by atoms with E-state index in [0.717, 1.165) is 5.56 Å². The summed E-state index contributed by atoms with van der Waals surface area (Å²) in [4.78, 5) is 12.5. The predicted octanol–water partition coefficient (Wildman–Crippen LogP) is 3.88. The Bertz CT molecular complexity index is 795. The highest BCUT2D eigenvalue weighted by atomic mass is 35.5. The summed E-state index contributed by atoms with van der Waals surface area (Å²) in [7, 11) is 0.544. The lowest BCUT2D eigenvalue weighted by Crippen LogP contribution is -2.12. The summed E-state index contributed by atoms with van der Waals surface area (Å²) in [5.41, 5.74) is 1.87. The number of nitrogens with one attached hydrogen (secondary N) is 1. The van der Waals surface area contributed by atoms with Crippen LogP contribution >= 0.6 is 11.6 Å². The minimum absolute atomic E-state index is 0.307. The molecule has 7 heteroatoms. The van der Waals surface area contributed by atoms with Crippen LogP contribution in [0.4, 0.5) is 5.69 Å². The second-order valence-electron chi connectivity index (χ2n) is 5.29. The number of ether oxygens (including phenoxy) is 2. The molecule has 1 unspecified atom stereocenters. The third-order valence-electron chi connectivity index (χ3n) is 3.34. The SMILES string of the molecule is CCOc1c(Cl)cc(C(=O)Nc2cccc(CS(C)=O)c2)cc1OC. The van der Waals surface area contributed by atoms with Gasteiger partial charge in [0.05, 0.1) is 18.7 Å². The van der Waals surface area contributed by atoms with Gasteiger partial charge in [0.2, 0.25) is 0 Å². The van der Waals surface area contributed by atoms with Crippen LogP contribution in [0.2, 0.25) is 5.02 Å². The van der Waals surface area contributed by atoms with Gasteiger partial charge in [-0.1, -0.05) is 23.7 Å². The molecule has 25 heavy (non-hydrogen) atoms. The van der Waals surface area contributed by atoms with Gasteiger partial charge in [0.15, 0.2) is 11.5 Å². The third kappa shape index (κ3) is 5.21. The van der Waals surface area contributed by atoms with Gasteiger partial charge in [-0.05, 0) is 36.8 Å². The van der Waals surface area contributed by atoms with Gasteiger partial charge in [-0.2, -0.15) is 0 Å². The molecular formula is C18H20ClNO4S. The minimum Gasteiger partial charge on any atom is -0.493 e. The molecule has 0 fully saturated rings. The Balaban J connectivity index is 2.23. The zero-order valence-electron chi connectivity index (χ0n) is 14.3. The van der Waals surface area contributed by atoms with E-state index in [1.807, 2.05) is 19.1 Å². The summed E-state index contributed by atoms with van der Waals surface area (Å²) in [6.07, 6.45) is 1.64. The van der Waals surface area contributed by atoms with Crippen LogP contribution in [0.25, 0.3) is 0 Å². The number of anilines is 1. The lowest BCUT2D eigenvalue weighted by Gasteiger charge is -2.13. The smallest absolute Gasteiger partial charge is 0.255 e. The second kappa shape index (κ2) is 8.87. The van der Waals surface area contributed by atoms with Crippen LogP contribution in [0, 0.1) is 0 Å². The molecule has 134 valence electrons. The molecule has 1 amide bonds. The molecule has 1 atom stereocenters. The van der Waals surface area contributed by atoms with E-state index in [-0.39, 0.29) is 5.91 Å². The van der Waals surface area contributed by atoms with Gasteiger partial charge < -0.3 is 14.8 Å². The maximum absolute atomic E-state index is 12.5. The van der Waals surface area contributed by atoms with E-state index < -0.39 is 10.8 Å². The van der Waals surface area contributed by atoms with Gasteiger partial charge in [0.25, 0.3) is 5.91 Å². The Kier molecular flexibility index (Phi) is 6.84. The maximum Gasteiger partial charge on any atom is 0.255 e. The van der Waals surface area contributed by atoms with E-state index in [9.17, 15) is 9.00 Å². The molecule has 0 bridgehead atoms. The number of methoxy groups -OCH3 is 1. The number of hydrogen-bond donors (Lipinski definition) is 1. The standard InChI is InChI=1S/C18H20ClNO4S/c1-4-24-17-15(19)9-13(10-16(17)23-2)18(21)20-14-7-5-6-12(8-14)11-25(3)22/h5-10H,4,11H2,1-3H3,(H,20,21). The summed E-state index contributed by atoms with van der Waals surface area (Å²) in [5.74, 6) is 0.926. The number of hydrogen-bond acceptors (Lipinski definition) is 4. The molecule has 0 aliphatic carbocycles. The van der Waals surface area contributed by atoms with E-state index in [1.54, 1.807) is 24.5 Å². The Morgan fingerprint density at radius 3 is 2.68 bits per heavy atom. The zero-order chi connectivity index (χ0) is 18.4. The van der Waals surface area contributed by atoms with Gasteiger partial charge >= 0.3 is 0 Å². The molecule has 1 N–H and O–H groups in total. The van der Waals surface area contributed by atoms with Crippen molar-refractivity contribution in [2.75, 3.05) is 25.3 Å². The molecule has 5 nitrogen and oxygen atoms in total. The average Bonchev–Trinajstić information content (AvgIpc) is 2.56. The maximum atomic E-state index is 12.5. The highest BCUT2D eigenvalue weighted by Gasteiger charge is 2.16. The first-order chi connectivity index (χ1) is 11.9. The molecule has 2 aromatic carbocycles. The molecule has 0 saturated heterocycles. The molecule has 0 aliphatic heterocycles. The number of halogens is 1. The Labute approximate surface area is 154 Å².